The highest BCUT2D eigenvalue weighted by molar-refractivity contribution is 5.89. The van der Waals surface area contributed by atoms with Crippen LogP contribution in [0.4, 0.5) is 0 Å². The number of hydrogen-bond donors (Lipinski definition) is 6. The quantitative estimate of drug-likeness (QED) is 0.108. The zero-order valence-corrected chi connectivity index (χ0v) is 50.9. The predicted molar refractivity (Wildman–Crippen MR) is 298 cm³/mol. The summed E-state index contributed by atoms with van der Waals surface area (Å²) in [6, 6.07) is 0. The van der Waals surface area contributed by atoms with E-state index in [1.54, 1.807) is 27.1 Å². The van der Waals surface area contributed by atoms with Crippen LogP contribution in [0.1, 0.15) is 177 Å². The molecule has 2 unspecified atom stereocenters. The summed E-state index contributed by atoms with van der Waals surface area (Å²) in [7, 11) is 3.42. The van der Waals surface area contributed by atoms with Crippen molar-refractivity contribution in [3.8, 4) is 0 Å². The zero-order valence-electron chi connectivity index (χ0n) is 50.9. The maximum Gasteiger partial charge on any atom is 0.309 e. The maximum atomic E-state index is 13.4. The molecule has 4 aliphatic heterocycles. The molecule has 4 rings (SSSR count). The Kier molecular flexibility index (Phi) is 24.9. The van der Waals surface area contributed by atoms with Gasteiger partial charge in [0.25, 0.3) is 0 Å². The molecule has 3 fully saturated rings. The summed E-state index contributed by atoms with van der Waals surface area (Å²) >= 11 is 0. The van der Waals surface area contributed by atoms with Crippen molar-refractivity contribution in [3.63, 3.8) is 0 Å². The van der Waals surface area contributed by atoms with Gasteiger partial charge in [-0.25, -0.2) is 0 Å². The Balaban J connectivity index is 0.000000400. The van der Waals surface area contributed by atoms with Crippen LogP contribution in [0, 0.1) is 70.0 Å². The van der Waals surface area contributed by atoms with Crippen molar-refractivity contribution < 1.29 is 68.6 Å². The molecule has 24 atom stereocenters. The molecule has 0 aromatic heterocycles. The first-order valence-electron chi connectivity index (χ1n) is 28.8. The predicted octanol–water partition coefficient (Wildman–Crippen LogP) is 8.52. The van der Waals surface area contributed by atoms with E-state index in [-0.39, 0.29) is 59.9 Å². The van der Waals surface area contributed by atoms with Crippen LogP contribution in [0.5, 0.6) is 0 Å². The first-order valence-corrected chi connectivity index (χ1v) is 28.8. The first kappa shape index (κ1) is 67.9. The number of carbonyl (C=O) groups is 2. The monoisotopic (exact) mass is 1080 g/mol. The minimum absolute atomic E-state index is 0.00879. The van der Waals surface area contributed by atoms with Crippen LogP contribution in [-0.2, 0) is 38.0 Å². The summed E-state index contributed by atoms with van der Waals surface area (Å²) in [6.45, 7) is 38.9. The van der Waals surface area contributed by atoms with E-state index in [9.17, 15) is 40.2 Å². The number of rotatable bonds is 6. The molecule has 0 radical (unpaired) electrons. The highest BCUT2D eigenvalue weighted by Gasteiger charge is 2.51. The zero-order chi connectivity index (χ0) is 58.3. The molecule has 4 aliphatic rings. The second-order valence-corrected chi connectivity index (χ2v) is 25.7. The maximum absolute atomic E-state index is 13.4. The minimum atomic E-state index is -1.65. The van der Waals surface area contributed by atoms with Gasteiger partial charge in [-0.05, 0) is 113 Å². The molecule has 0 spiro atoms. The number of esters is 2. The van der Waals surface area contributed by atoms with E-state index < -0.39 is 107 Å². The van der Waals surface area contributed by atoms with Crippen LogP contribution in [0.3, 0.4) is 0 Å². The fraction of sp³-hybridized carbons (Fsp3) is 0.900. The largest absolute Gasteiger partial charge is 0.459 e. The number of ether oxygens (including phenoxy) is 6. The average molecular weight is 1080 g/mol. The van der Waals surface area contributed by atoms with Crippen LogP contribution in [0.2, 0.25) is 0 Å². The van der Waals surface area contributed by atoms with Crippen molar-refractivity contribution in [3.05, 3.63) is 12.2 Å². The number of carbonyl (C=O) groups excluding carboxylic acids is 2. The first-order chi connectivity index (χ1) is 35.0. The van der Waals surface area contributed by atoms with E-state index in [2.05, 4.69) is 65.4 Å². The number of cyclic esters (lactones) is 2. The van der Waals surface area contributed by atoms with Gasteiger partial charge in [-0.15, -0.1) is 0 Å². The van der Waals surface area contributed by atoms with Gasteiger partial charge in [-0.1, -0.05) is 123 Å². The number of nitrogens with zero attached hydrogens (tertiary/aromatic N) is 2. The van der Waals surface area contributed by atoms with Crippen molar-refractivity contribution in [2.45, 2.75) is 262 Å². The lowest BCUT2D eigenvalue weighted by atomic mass is 9.67. The molecule has 16 heteroatoms. The van der Waals surface area contributed by atoms with Crippen LogP contribution < -0.4 is 0 Å². The van der Waals surface area contributed by atoms with Crippen LogP contribution in [0.15, 0.2) is 22.1 Å². The summed E-state index contributed by atoms with van der Waals surface area (Å²) in [4.78, 5) is 35.9. The van der Waals surface area contributed by atoms with Crippen molar-refractivity contribution in [2.24, 2.45) is 80.0 Å². The van der Waals surface area contributed by atoms with E-state index in [0.717, 1.165) is 17.8 Å². The summed E-state index contributed by atoms with van der Waals surface area (Å²) in [5, 5.41) is 66.9. The molecule has 6 N–H and O–H groups in total. The summed E-state index contributed by atoms with van der Waals surface area (Å²) < 4.78 is 37.0. The van der Waals surface area contributed by atoms with Gasteiger partial charge in [0.05, 0.1) is 48.5 Å². The highest BCUT2D eigenvalue weighted by atomic mass is 16.7. The molecule has 442 valence electrons. The Bertz CT molecular complexity index is 1940. The Hall–Kier alpha value is -2.38. The van der Waals surface area contributed by atoms with Gasteiger partial charge in [0.2, 0.25) is 0 Å². The van der Waals surface area contributed by atoms with Gasteiger partial charge in [0.15, 0.2) is 12.6 Å². The second kappa shape index (κ2) is 27.9. The fourth-order valence-electron chi connectivity index (χ4n) is 13.3. The van der Waals surface area contributed by atoms with E-state index in [4.69, 9.17) is 28.4 Å². The third kappa shape index (κ3) is 16.0. The number of aliphatic hydroxyl groups is 6. The molecule has 3 saturated heterocycles. The number of aliphatic imine (C=N–C) groups is 2. The van der Waals surface area contributed by atoms with Gasteiger partial charge in [-0.3, -0.25) is 19.6 Å². The normalized spacial score (nSPS) is 46.6. The molecule has 0 saturated carbocycles. The molecule has 0 aromatic carbocycles. The van der Waals surface area contributed by atoms with Gasteiger partial charge in [0, 0.05) is 37.4 Å². The van der Waals surface area contributed by atoms with Crippen molar-refractivity contribution >= 4 is 23.4 Å². The van der Waals surface area contributed by atoms with Gasteiger partial charge < -0.3 is 59.1 Å². The summed E-state index contributed by atoms with van der Waals surface area (Å²) in [6.07, 6.45) is -1.23. The molecule has 0 aliphatic carbocycles. The van der Waals surface area contributed by atoms with Crippen molar-refractivity contribution in [2.75, 3.05) is 14.1 Å². The third-order valence-electron chi connectivity index (χ3n) is 18.6. The van der Waals surface area contributed by atoms with E-state index in [1.807, 2.05) is 75.3 Å². The van der Waals surface area contributed by atoms with Crippen molar-refractivity contribution in [1.82, 2.24) is 0 Å². The SMILES string of the molecule is CC[C@H]1OC(=O)[C@H](C)[C@@H](C)[C@H](C)[C@@H](OC2O[C@H](C)C=C[C@H]2O)C(C)(C)C[C@@H](C)C(=NC)[C@H](C)[C@@H](O)[C@]1(C)O.CC[C@H]1OC(=O)[C@H](C)[C@@H](C)[C@H](C)[C@@H](OC2O[C@H](C)CC[C@H]2O)C(C)(C)C[C@@H](C)C(=NC)[C@H](C)[C@@H](O)[C@]1(C)O. The van der Waals surface area contributed by atoms with Crippen LogP contribution in [0.25, 0.3) is 0 Å². The highest BCUT2D eigenvalue weighted by Crippen LogP contribution is 2.45. The standard InChI is InChI=1S/C30H55NO7.C30H53NO7/c2*1-12-23-30(10,35)25(33)21(7)24(31-11)16(2)15-29(8,9)26(19(5)18(4)20(6)27(34)37-23)38-28-22(32)14-13-17(3)36-28/h16-23,25-26,28,32-33,35H,12-15H2,1-11H3;13-14,16-23,25-26,28,32-33,35H,12,15H2,1-11H3/t2*16-,17-,18+,19+,20-,21+,22-,23-,25-,26-,28?,30-/m11/s1. The molecule has 76 heavy (non-hydrogen) atoms. The Morgan fingerprint density at radius 2 is 0.934 bits per heavy atom. The van der Waals surface area contributed by atoms with E-state index >= 15 is 0 Å². The smallest absolute Gasteiger partial charge is 0.309 e. The minimum Gasteiger partial charge on any atom is -0.459 e. The molecule has 0 bridgehead atoms. The summed E-state index contributed by atoms with van der Waals surface area (Å²) in [5.74, 6) is -3.27. The van der Waals surface area contributed by atoms with Gasteiger partial charge >= 0.3 is 11.9 Å². The Morgan fingerprint density at radius 3 is 1.30 bits per heavy atom. The number of aliphatic hydroxyl groups excluding tert-OH is 4. The number of hydrogen-bond acceptors (Lipinski definition) is 16. The Labute approximate surface area is 458 Å². The topological polar surface area (TPSA) is 236 Å². The van der Waals surface area contributed by atoms with Crippen LogP contribution >= 0.6 is 0 Å². The summed E-state index contributed by atoms with van der Waals surface area (Å²) in [5.41, 5.74) is -2.56. The molecule has 0 amide bonds. The third-order valence-corrected chi connectivity index (χ3v) is 18.6. The van der Waals surface area contributed by atoms with Crippen molar-refractivity contribution in [1.29, 1.82) is 0 Å². The van der Waals surface area contributed by atoms with Gasteiger partial charge in [-0.2, -0.15) is 0 Å². The molecule has 0 aromatic rings. The molecular formula is C60H108N2O14. The molecular weight excluding hydrogens is 973 g/mol. The van der Waals surface area contributed by atoms with E-state index in [0.29, 0.717) is 32.1 Å². The lowest BCUT2D eigenvalue weighted by molar-refractivity contribution is -0.277. The molecule has 4 heterocycles. The lowest BCUT2D eigenvalue weighted by Crippen LogP contribution is -2.56. The second-order valence-electron chi connectivity index (χ2n) is 25.7. The van der Waals surface area contributed by atoms with Crippen LogP contribution in [-0.4, -0.2) is 153 Å². The van der Waals surface area contributed by atoms with Gasteiger partial charge in [0.1, 0.15) is 35.6 Å². The average Bonchev–Trinajstić information content (AvgIpc) is 3.34. The Morgan fingerprint density at radius 1 is 0.553 bits per heavy atom. The fourth-order valence-corrected chi connectivity index (χ4v) is 13.3. The van der Waals surface area contributed by atoms with E-state index in [1.165, 1.54) is 6.92 Å². The molecule has 16 nitrogen and oxygen atoms in total. The lowest BCUT2D eigenvalue weighted by Gasteiger charge is -2.47.